The van der Waals surface area contributed by atoms with Crippen molar-refractivity contribution in [2.24, 2.45) is 0 Å². The maximum atomic E-state index is 3.64. The Labute approximate surface area is 212 Å². The molecule has 0 heterocycles. The van der Waals surface area contributed by atoms with E-state index in [9.17, 15) is 0 Å². The van der Waals surface area contributed by atoms with Crippen molar-refractivity contribution < 1.29 is 0 Å². The van der Waals surface area contributed by atoms with Crippen LogP contribution < -0.4 is 10.6 Å². The van der Waals surface area contributed by atoms with Gasteiger partial charge in [0.15, 0.2) is 0 Å². The van der Waals surface area contributed by atoms with Crippen molar-refractivity contribution in [2.45, 2.75) is 13.8 Å². The van der Waals surface area contributed by atoms with Gasteiger partial charge in [-0.05, 0) is 71.1 Å². The zero-order chi connectivity index (χ0) is 24.5. The molecule has 0 aromatic heterocycles. The summed E-state index contributed by atoms with van der Waals surface area (Å²) < 4.78 is 0. The highest BCUT2D eigenvalue weighted by atomic mass is 14.9. The van der Waals surface area contributed by atoms with Gasteiger partial charge in [-0.15, -0.1) is 0 Å². The van der Waals surface area contributed by atoms with Crippen molar-refractivity contribution in [2.75, 3.05) is 10.6 Å². The minimum atomic E-state index is 1.09. The number of benzene rings is 6. The Hall–Kier alpha value is -4.56. The lowest BCUT2D eigenvalue weighted by Gasteiger charge is -2.14. The van der Waals surface area contributed by atoms with Gasteiger partial charge in [-0.3, -0.25) is 0 Å². The summed E-state index contributed by atoms with van der Waals surface area (Å²) in [7, 11) is 0. The quantitative estimate of drug-likeness (QED) is 0.265. The highest BCUT2D eigenvalue weighted by Crippen LogP contribution is 2.33. The summed E-state index contributed by atoms with van der Waals surface area (Å²) in [6.45, 7) is 4.30. The van der Waals surface area contributed by atoms with E-state index < -0.39 is 0 Å². The Balaban J connectivity index is 1.22. The van der Waals surface area contributed by atoms with Crippen LogP contribution in [-0.4, -0.2) is 0 Å². The van der Waals surface area contributed by atoms with Crippen molar-refractivity contribution in [1.82, 2.24) is 0 Å². The van der Waals surface area contributed by atoms with Gasteiger partial charge >= 0.3 is 0 Å². The van der Waals surface area contributed by atoms with E-state index in [1.807, 2.05) is 0 Å². The number of hydrogen-bond donors (Lipinski definition) is 2. The Morgan fingerprint density at radius 1 is 0.389 bits per heavy atom. The lowest BCUT2D eigenvalue weighted by Crippen LogP contribution is -1.95. The van der Waals surface area contributed by atoms with Crippen LogP contribution in [0.3, 0.4) is 0 Å². The van der Waals surface area contributed by atoms with Crippen molar-refractivity contribution in [3.8, 4) is 11.1 Å². The second kappa shape index (κ2) is 9.24. The third-order valence-electron chi connectivity index (χ3n) is 6.92. The van der Waals surface area contributed by atoms with Gasteiger partial charge in [-0.1, -0.05) is 97.1 Å². The topological polar surface area (TPSA) is 24.1 Å². The highest BCUT2D eigenvalue weighted by Gasteiger charge is 2.07. The Morgan fingerprint density at radius 2 is 0.778 bits per heavy atom. The Kier molecular flexibility index (Phi) is 5.63. The molecule has 0 aliphatic carbocycles. The molecule has 0 aliphatic rings. The number of aryl methyl sites for hydroxylation is 2. The molecule has 0 atom stereocenters. The third-order valence-corrected chi connectivity index (χ3v) is 6.92. The average Bonchev–Trinajstić information content (AvgIpc) is 2.93. The summed E-state index contributed by atoms with van der Waals surface area (Å²) in [5, 5.41) is 12.3. The SMILES string of the molecule is Cc1ccc2ccccc2c1Nc1ccc(-c2ccc(Nc3c(C)ccc4ccccc34)cc2)cc1. The minimum absolute atomic E-state index is 1.09. The van der Waals surface area contributed by atoms with E-state index in [1.165, 1.54) is 55.2 Å². The van der Waals surface area contributed by atoms with Crippen molar-refractivity contribution in [3.63, 3.8) is 0 Å². The summed E-state index contributed by atoms with van der Waals surface area (Å²) >= 11 is 0. The van der Waals surface area contributed by atoms with Gasteiger partial charge in [0.25, 0.3) is 0 Å². The number of nitrogens with one attached hydrogen (secondary N) is 2. The molecule has 36 heavy (non-hydrogen) atoms. The monoisotopic (exact) mass is 464 g/mol. The first-order chi connectivity index (χ1) is 17.7. The van der Waals surface area contributed by atoms with Gasteiger partial charge in [-0.2, -0.15) is 0 Å². The van der Waals surface area contributed by atoms with Crippen LogP contribution in [0, 0.1) is 13.8 Å². The van der Waals surface area contributed by atoms with Crippen LogP contribution in [-0.2, 0) is 0 Å². The van der Waals surface area contributed by atoms with Crippen LogP contribution in [0.2, 0.25) is 0 Å². The van der Waals surface area contributed by atoms with Crippen LogP contribution in [0.25, 0.3) is 32.7 Å². The van der Waals surface area contributed by atoms with Crippen LogP contribution >= 0.6 is 0 Å². The maximum Gasteiger partial charge on any atom is 0.0493 e. The minimum Gasteiger partial charge on any atom is -0.355 e. The molecule has 0 spiro atoms. The molecule has 0 unspecified atom stereocenters. The lowest BCUT2D eigenvalue weighted by atomic mass is 10.0. The van der Waals surface area contributed by atoms with E-state index in [4.69, 9.17) is 0 Å². The molecular formula is C34H28N2. The van der Waals surface area contributed by atoms with E-state index in [0.717, 1.165) is 11.4 Å². The molecule has 6 rings (SSSR count). The molecule has 0 aliphatic heterocycles. The molecular weight excluding hydrogens is 436 g/mol. The van der Waals surface area contributed by atoms with Gasteiger partial charge in [0, 0.05) is 33.5 Å². The van der Waals surface area contributed by atoms with Gasteiger partial charge in [0.1, 0.15) is 0 Å². The summed E-state index contributed by atoms with van der Waals surface area (Å²) in [5.74, 6) is 0. The van der Waals surface area contributed by atoms with Crippen LogP contribution in [0.1, 0.15) is 11.1 Å². The molecule has 2 heteroatoms. The van der Waals surface area contributed by atoms with Crippen molar-refractivity contribution >= 4 is 44.3 Å². The van der Waals surface area contributed by atoms with E-state index in [2.05, 4.69) is 146 Å². The van der Waals surface area contributed by atoms with Gasteiger partial charge in [0.05, 0.1) is 0 Å². The van der Waals surface area contributed by atoms with Gasteiger partial charge < -0.3 is 10.6 Å². The van der Waals surface area contributed by atoms with Gasteiger partial charge in [-0.25, -0.2) is 0 Å². The first-order valence-corrected chi connectivity index (χ1v) is 12.4. The Bertz CT molecular complexity index is 1550. The molecule has 174 valence electrons. The zero-order valence-electron chi connectivity index (χ0n) is 20.5. The maximum absolute atomic E-state index is 3.64. The number of fused-ring (bicyclic) bond motifs is 2. The number of anilines is 4. The first kappa shape index (κ1) is 21.9. The molecule has 2 nitrogen and oxygen atoms in total. The highest BCUT2D eigenvalue weighted by molar-refractivity contribution is 5.98. The second-order valence-corrected chi connectivity index (χ2v) is 9.36. The van der Waals surface area contributed by atoms with E-state index >= 15 is 0 Å². The summed E-state index contributed by atoms with van der Waals surface area (Å²) in [6.07, 6.45) is 0. The normalized spacial score (nSPS) is 11.1. The second-order valence-electron chi connectivity index (χ2n) is 9.36. The average molecular weight is 465 g/mol. The molecule has 6 aromatic rings. The number of hydrogen-bond acceptors (Lipinski definition) is 2. The largest absolute Gasteiger partial charge is 0.355 e. The van der Waals surface area contributed by atoms with E-state index in [-0.39, 0.29) is 0 Å². The van der Waals surface area contributed by atoms with E-state index in [0.29, 0.717) is 0 Å². The lowest BCUT2D eigenvalue weighted by molar-refractivity contribution is 1.45. The first-order valence-electron chi connectivity index (χ1n) is 12.4. The van der Waals surface area contributed by atoms with E-state index in [1.54, 1.807) is 0 Å². The zero-order valence-corrected chi connectivity index (χ0v) is 20.5. The fourth-order valence-electron chi connectivity index (χ4n) is 4.87. The fourth-order valence-corrected chi connectivity index (χ4v) is 4.87. The molecule has 6 aromatic carbocycles. The molecule has 0 saturated carbocycles. The smallest absolute Gasteiger partial charge is 0.0493 e. The molecule has 0 fully saturated rings. The number of rotatable bonds is 5. The molecule has 0 bridgehead atoms. The van der Waals surface area contributed by atoms with Crippen molar-refractivity contribution in [1.29, 1.82) is 0 Å². The molecule has 2 N–H and O–H groups in total. The van der Waals surface area contributed by atoms with Crippen molar-refractivity contribution in [3.05, 3.63) is 132 Å². The molecule has 0 amide bonds. The standard InChI is InChI=1S/C34H28N2/c1-23-11-13-27-7-3-5-9-31(27)33(23)35-29-19-15-25(16-20-29)26-17-21-30(22-18-26)36-34-24(2)12-14-28-8-4-6-10-32(28)34/h3-22,35-36H,1-2H3. The summed E-state index contributed by atoms with van der Waals surface area (Å²) in [5.41, 5.74) is 9.38. The molecule has 0 radical (unpaired) electrons. The van der Waals surface area contributed by atoms with Gasteiger partial charge in [0.2, 0.25) is 0 Å². The predicted octanol–water partition coefficient (Wildman–Crippen LogP) is 9.76. The van der Waals surface area contributed by atoms with Crippen LogP contribution in [0.15, 0.2) is 121 Å². The summed E-state index contributed by atoms with van der Waals surface area (Å²) in [4.78, 5) is 0. The Morgan fingerprint density at radius 3 is 1.19 bits per heavy atom. The molecule has 0 saturated heterocycles. The summed E-state index contributed by atoms with van der Waals surface area (Å²) in [6, 6.07) is 43.1. The predicted molar refractivity (Wildman–Crippen MR) is 156 cm³/mol. The fraction of sp³-hybridized carbons (Fsp3) is 0.0588. The third kappa shape index (κ3) is 4.18. The van der Waals surface area contributed by atoms with Crippen LogP contribution in [0.4, 0.5) is 22.7 Å². The van der Waals surface area contributed by atoms with Crippen LogP contribution in [0.5, 0.6) is 0 Å².